The molecule has 0 aliphatic heterocycles. The SMILES string of the molecule is COC(=O)C(C)(C)[C@H]1CCc2ccc(O)cc21. The highest BCUT2D eigenvalue weighted by Crippen LogP contribution is 2.46. The molecule has 1 aliphatic rings. The summed E-state index contributed by atoms with van der Waals surface area (Å²) in [6.07, 6.45) is 1.89. The van der Waals surface area contributed by atoms with Gasteiger partial charge < -0.3 is 9.84 Å². The van der Waals surface area contributed by atoms with E-state index in [1.165, 1.54) is 12.7 Å². The van der Waals surface area contributed by atoms with Gasteiger partial charge in [0.25, 0.3) is 0 Å². The largest absolute Gasteiger partial charge is 0.508 e. The number of phenolic OH excluding ortho intramolecular Hbond substituents is 1. The number of rotatable bonds is 2. The van der Waals surface area contributed by atoms with Crippen LogP contribution in [-0.4, -0.2) is 18.2 Å². The smallest absolute Gasteiger partial charge is 0.311 e. The molecule has 0 spiro atoms. The molecule has 3 nitrogen and oxygen atoms in total. The summed E-state index contributed by atoms with van der Waals surface area (Å²) in [5.74, 6) is 0.187. The van der Waals surface area contributed by atoms with Gasteiger partial charge in [-0.1, -0.05) is 6.07 Å². The Morgan fingerprint density at radius 3 is 2.82 bits per heavy atom. The maximum atomic E-state index is 11.8. The molecular weight excluding hydrogens is 216 g/mol. The monoisotopic (exact) mass is 234 g/mol. The van der Waals surface area contributed by atoms with E-state index in [4.69, 9.17) is 4.74 Å². The second-order valence-corrected chi connectivity index (χ2v) is 5.19. The molecule has 0 fully saturated rings. The lowest BCUT2D eigenvalue weighted by atomic mass is 9.75. The van der Waals surface area contributed by atoms with Gasteiger partial charge in [0.05, 0.1) is 12.5 Å². The fourth-order valence-corrected chi connectivity index (χ4v) is 2.74. The Labute approximate surface area is 101 Å². The third-order valence-corrected chi connectivity index (χ3v) is 3.79. The standard InChI is InChI=1S/C14H18O3/c1-14(2,13(16)17-3)12-7-5-9-4-6-10(15)8-11(9)12/h4,6,8,12,15H,5,7H2,1-3H3/t12-/m0/s1. The molecular formula is C14H18O3. The van der Waals surface area contributed by atoms with Gasteiger partial charge >= 0.3 is 5.97 Å². The maximum absolute atomic E-state index is 11.8. The summed E-state index contributed by atoms with van der Waals surface area (Å²) < 4.78 is 4.87. The van der Waals surface area contributed by atoms with Crippen LogP contribution < -0.4 is 0 Å². The lowest BCUT2D eigenvalue weighted by Crippen LogP contribution is -2.31. The summed E-state index contributed by atoms with van der Waals surface area (Å²) in [6, 6.07) is 5.42. The van der Waals surface area contributed by atoms with Crippen molar-refractivity contribution in [3.8, 4) is 5.75 Å². The molecule has 1 N–H and O–H groups in total. The number of aryl methyl sites for hydroxylation is 1. The zero-order valence-electron chi connectivity index (χ0n) is 10.5. The third kappa shape index (κ3) is 1.90. The molecule has 0 radical (unpaired) electrons. The second-order valence-electron chi connectivity index (χ2n) is 5.19. The number of benzene rings is 1. The van der Waals surface area contributed by atoms with Gasteiger partial charge in [-0.05, 0) is 49.9 Å². The summed E-state index contributed by atoms with van der Waals surface area (Å²) in [4.78, 5) is 11.8. The highest BCUT2D eigenvalue weighted by atomic mass is 16.5. The average molecular weight is 234 g/mol. The lowest BCUT2D eigenvalue weighted by Gasteiger charge is -2.29. The molecule has 92 valence electrons. The van der Waals surface area contributed by atoms with Crippen LogP contribution in [0.2, 0.25) is 0 Å². The van der Waals surface area contributed by atoms with Crippen molar-refractivity contribution in [2.45, 2.75) is 32.6 Å². The van der Waals surface area contributed by atoms with Crippen molar-refractivity contribution in [3.05, 3.63) is 29.3 Å². The molecule has 0 heterocycles. The van der Waals surface area contributed by atoms with E-state index in [1.54, 1.807) is 12.1 Å². The molecule has 0 saturated carbocycles. The molecule has 0 unspecified atom stereocenters. The highest BCUT2D eigenvalue weighted by molar-refractivity contribution is 5.77. The van der Waals surface area contributed by atoms with Gasteiger partial charge in [0.15, 0.2) is 0 Å². The molecule has 1 aromatic carbocycles. The molecule has 1 aromatic rings. The molecule has 0 amide bonds. The van der Waals surface area contributed by atoms with Gasteiger partial charge in [-0.15, -0.1) is 0 Å². The Hall–Kier alpha value is -1.51. The van der Waals surface area contributed by atoms with Gasteiger partial charge in [-0.25, -0.2) is 0 Å². The van der Waals surface area contributed by atoms with Crippen LogP contribution in [0, 0.1) is 5.41 Å². The van der Waals surface area contributed by atoms with Crippen LogP contribution >= 0.6 is 0 Å². The van der Waals surface area contributed by atoms with Crippen molar-refractivity contribution in [2.75, 3.05) is 7.11 Å². The first-order valence-corrected chi connectivity index (χ1v) is 5.87. The van der Waals surface area contributed by atoms with Gasteiger partial charge in [-0.3, -0.25) is 4.79 Å². The van der Waals surface area contributed by atoms with E-state index in [-0.39, 0.29) is 17.6 Å². The topological polar surface area (TPSA) is 46.5 Å². The van der Waals surface area contributed by atoms with Gasteiger partial charge in [0.2, 0.25) is 0 Å². The number of hydrogen-bond acceptors (Lipinski definition) is 3. The number of carbonyl (C=O) groups excluding carboxylic acids is 1. The Balaban J connectivity index is 2.39. The van der Waals surface area contributed by atoms with Crippen LogP contribution in [0.25, 0.3) is 0 Å². The molecule has 0 bridgehead atoms. The number of hydrogen-bond donors (Lipinski definition) is 1. The van der Waals surface area contributed by atoms with Gasteiger partial charge in [-0.2, -0.15) is 0 Å². The first-order valence-electron chi connectivity index (χ1n) is 5.87. The Kier molecular flexibility index (Phi) is 2.86. The van der Waals surface area contributed by atoms with E-state index in [0.29, 0.717) is 0 Å². The summed E-state index contributed by atoms with van der Waals surface area (Å²) in [6.45, 7) is 3.81. The van der Waals surface area contributed by atoms with Crippen LogP contribution in [0.15, 0.2) is 18.2 Å². The quantitative estimate of drug-likeness (QED) is 0.800. The van der Waals surface area contributed by atoms with E-state index in [0.717, 1.165) is 18.4 Å². The molecule has 0 saturated heterocycles. The number of esters is 1. The van der Waals surface area contributed by atoms with Crippen molar-refractivity contribution in [3.63, 3.8) is 0 Å². The van der Waals surface area contributed by atoms with Gasteiger partial charge in [0.1, 0.15) is 5.75 Å². The summed E-state index contributed by atoms with van der Waals surface area (Å²) >= 11 is 0. The zero-order valence-corrected chi connectivity index (χ0v) is 10.5. The molecule has 1 aliphatic carbocycles. The van der Waals surface area contributed by atoms with Gasteiger partial charge in [0, 0.05) is 5.92 Å². The van der Waals surface area contributed by atoms with Crippen molar-refractivity contribution in [2.24, 2.45) is 5.41 Å². The minimum absolute atomic E-state index is 0.122. The highest BCUT2D eigenvalue weighted by Gasteiger charge is 2.41. The molecule has 1 atom stereocenters. The zero-order chi connectivity index (χ0) is 12.6. The number of carbonyl (C=O) groups is 1. The van der Waals surface area contributed by atoms with Crippen LogP contribution in [0.3, 0.4) is 0 Å². The van der Waals surface area contributed by atoms with Crippen LogP contribution in [0.4, 0.5) is 0 Å². The fourth-order valence-electron chi connectivity index (χ4n) is 2.74. The lowest BCUT2D eigenvalue weighted by molar-refractivity contribution is -0.152. The number of aromatic hydroxyl groups is 1. The van der Waals surface area contributed by atoms with Crippen LogP contribution in [0.5, 0.6) is 5.75 Å². The summed E-state index contributed by atoms with van der Waals surface area (Å²) in [7, 11) is 1.42. The van der Waals surface area contributed by atoms with E-state index in [2.05, 4.69) is 0 Å². The summed E-state index contributed by atoms with van der Waals surface area (Å²) in [5.41, 5.74) is 1.76. The third-order valence-electron chi connectivity index (χ3n) is 3.79. The molecule has 2 rings (SSSR count). The Morgan fingerprint density at radius 1 is 1.47 bits per heavy atom. The predicted octanol–water partition coefficient (Wildman–Crippen LogP) is 2.62. The van der Waals surface area contributed by atoms with E-state index in [1.807, 2.05) is 19.9 Å². The molecule has 17 heavy (non-hydrogen) atoms. The number of methoxy groups -OCH3 is 1. The van der Waals surface area contributed by atoms with E-state index in [9.17, 15) is 9.90 Å². The Morgan fingerprint density at radius 2 is 2.18 bits per heavy atom. The molecule has 0 aromatic heterocycles. The summed E-state index contributed by atoms with van der Waals surface area (Å²) in [5, 5.41) is 9.56. The predicted molar refractivity (Wildman–Crippen MR) is 65.0 cm³/mol. The van der Waals surface area contributed by atoms with Crippen molar-refractivity contribution < 1.29 is 14.6 Å². The second kappa shape index (κ2) is 4.06. The maximum Gasteiger partial charge on any atom is 0.311 e. The first-order chi connectivity index (χ1) is 7.96. The van der Waals surface area contributed by atoms with Crippen molar-refractivity contribution in [1.82, 2.24) is 0 Å². The minimum Gasteiger partial charge on any atom is -0.508 e. The van der Waals surface area contributed by atoms with Crippen molar-refractivity contribution >= 4 is 5.97 Å². The Bertz CT molecular complexity index is 449. The van der Waals surface area contributed by atoms with Crippen molar-refractivity contribution in [1.29, 1.82) is 0 Å². The van der Waals surface area contributed by atoms with Crippen LogP contribution in [-0.2, 0) is 16.0 Å². The number of ether oxygens (including phenoxy) is 1. The normalized spacial score (nSPS) is 18.9. The van der Waals surface area contributed by atoms with E-state index >= 15 is 0 Å². The average Bonchev–Trinajstić information content (AvgIpc) is 2.71. The number of fused-ring (bicyclic) bond motifs is 1. The molecule has 3 heteroatoms. The number of phenols is 1. The first kappa shape index (κ1) is 12.0. The van der Waals surface area contributed by atoms with Crippen LogP contribution in [0.1, 0.15) is 37.3 Å². The fraction of sp³-hybridized carbons (Fsp3) is 0.500. The minimum atomic E-state index is -0.548. The van der Waals surface area contributed by atoms with E-state index < -0.39 is 5.41 Å².